The summed E-state index contributed by atoms with van der Waals surface area (Å²) >= 11 is 5.86. The predicted molar refractivity (Wildman–Crippen MR) is 101 cm³/mol. The van der Waals surface area contributed by atoms with Crippen LogP contribution in [0.15, 0.2) is 47.6 Å². The zero-order valence-corrected chi connectivity index (χ0v) is 14.8. The van der Waals surface area contributed by atoms with Gasteiger partial charge in [-0.3, -0.25) is 5.43 Å². The third-order valence-corrected chi connectivity index (χ3v) is 3.53. The van der Waals surface area contributed by atoms with E-state index in [2.05, 4.69) is 17.5 Å². The molecule has 0 unspecified atom stereocenters. The number of anilines is 1. The number of ether oxygens (including phenoxy) is 2. The smallest absolute Gasteiger partial charge is 0.161 e. The number of benzene rings is 2. The lowest BCUT2D eigenvalue weighted by atomic mass is 10.2. The molecule has 0 spiro atoms. The second-order valence-corrected chi connectivity index (χ2v) is 5.65. The highest BCUT2D eigenvalue weighted by atomic mass is 35.5. The van der Waals surface area contributed by atoms with Crippen molar-refractivity contribution in [1.82, 2.24) is 0 Å². The molecule has 0 aromatic heterocycles. The SMILES string of the molecule is CCCCOc1ccc(/C=N/Nc2ccc(Cl)cc2)cc1OCC. The monoisotopic (exact) mass is 346 g/mol. The Morgan fingerprint density at radius 2 is 1.83 bits per heavy atom. The van der Waals surface area contributed by atoms with Gasteiger partial charge in [-0.15, -0.1) is 0 Å². The van der Waals surface area contributed by atoms with E-state index < -0.39 is 0 Å². The third-order valence-electron chi connectivity index (χ3n) is 3.27. The quantitative estimate of drug-likeness (QED) is 0.377. The van der Waals surface area contributed by atoms with Gasteiger partial charge in [0.25, 0.3) is 0 Å². The molecule has 2 aromatic carbocycles. The molecule has 0 heterocycles. The molecule has 4 nitrogen and oxygen atoms in total. The molecule has 0 fully saturated rings. The first kappa shape index (κ1) is 18.1. The van der Waals surface area contributed by atoms with E-state index in [-0.39, 0.29) is 0 Å². The minimum atomic E-state index is 0.591. The Morgan fingerprint density at radius 3 is 2.54 bits per heavy atom. The van der Waals surface area contributed by atoms with Crippen molar-refractivity contribution in [2.75, 3.05) is 18.6 Å². The van der Waals surface area contributed by atoms with Crippen LogP contribution in [0.25, 0.3) is 0 Å². The van der Waals surface area contributed by atoms with Crippen molar-refractivity contribution in [3.63, 3.8) is 0 Å². The predicted octanol–water partition coefficient (Wildman–Crippen LogP) is 5.36. The van der Waals surface area contributed by atoms with Crippen molar-refractivity contribution in [2.24, 2.45) is 5.10 Å². The van der Waals surface area contributed by atoms with E-state index in [1.807, 2.05) is 49.4 Å². The van der Waals surface area contributed by atoms with E-state index in [1.54, 1.807) is 6.21 Å². The first-order valence-electron chi connectivity index (χ1n) is 8.17. The fraction of sp³-hybridized carbons (Fsp3) is 0.316. The summed E-state index contributed by atoms with van der Waals surface area (Å²) in [4.78, 5) is 0. The normalized spacial score (nSPS) is 10.8. The highest BCUT2D eigenvalue weighted by Crippen LogP contribution is 2.28. The van der Waals surface area contributed by atoms with Crippen molar-refractivity contribution in [2.45, 2.75) is 26.7 Å². The van der Waals surface area contributed by atoms with Crippen molar-refractivity contribution < 1.29 is 9.47 Å². The maximum Gasteiger partial charge on any atom is 0.161 e. The summed E-state index contributed by atoms with van der Waals surface area (Å²) in [6.07, 6.45) is 3.87. The highest BCUT2D eigenvalue weighted by molar-refractivity contribution is 6.30. The number of hydrazone groups is 1. The Balaban J connectivity index is 2.02. The van der Waals surface area contributed by atoms with E-state index in [9.17, 15) is 0 Å². The molecular weight excluding hydrogens is 324 g/mol. The fourth-order valence-electron chi connectivity index (χ4n) is 2.02. The van der Waals surface area contributed by atoms with Crippen molar-refractivity contribution in [3.05, 3.63) is 53.1 Å². The maximum atomic E-state index is 5.86. The van der Waals surface area contributed by atoms with Gasteiger partial charge in [0, 0.05) is 5.02 Å². The Morgan fingerprint density at radius 1 is 1.04 bits per heavy atom. The van der Waals surface area contributed by atoms with Gasteiger partial charge in [0.1, 0.15) is 0 Å². The summed E-state index contributed by atoms with van der Waals surface area (Å²) in [5.74, 6) is 1.51. The molecule has 1 N–H and O–H groups in total. The Hall–Kier alpha value is -2.20. The molecule has 128 valence electrons. The number of halogens is 1. The van der Waals surface area contributed by atoms with E-state index in [4.69, 9.17) is 21.1 Å². The fourth-order valence-corrected chi connectivity index (χ4v) is 2.15. The summed E-state index contributed by atoms with van der Waals surface area (Å²) in [6, 6.07) is 13.2. The lowest BCUT2D eigenvalue weighted by Gasteiger charge is -2.12. The summed E-state index contributed by atoms with van der Waals surface area (Å²) in [7, 11) is 0. The molecule has 0 aliphatic carbocycles. The molecule has 0 aliphatic rings. The van der Waals surface area contributed by atoms with Gasteiger partial charge in [0.2, 0.25) is 0 Å². The molecule has 0 amide bonds. The number of hydrogen-bond donors (Lipinski definition) is 1. The Bertz CT molecular complexity index is 657. The number of rotatable bonds is 9. The molecule has 2 rings (SSSR count). The van der Waals surface area contributed by atoms with Crippen LogP contribution in [0.4, 0.5) is 5.69 Å². The second kappa shape index (κ2) is 9.83. The van der Waals surface area contributed by atoms with Gasteiger partial charge < -0.3 is 9.47 Å². The topological polar surface area (TPSA) is 42.8 Å². The Labute approximate surface area is 148 Å². The highest BCUT2D eigenvalue weighted by Gasteiger charge is 2.05. The van der Waals surface area contributed by atoms with Gasteiger partial charge in [0.05, 0.1) is 25.1 Å². The van der Waals surface area contributed by atoms with Crippen LogP contribution in [-0.2, 0) is 0 Å². The van der Waals surface area contributed by atoms with Gasteiger partial charge in [-0.25, -0.2) is 0 Å². The second-order valence-electron chi connectivity index (χ2n) is 5.22. The van der Waals surface area contributed by atoms with Crippen molar-refractivity contribution in [3.8, 4) is 11.5 Å². The molecule has 0 radical (unpaired) electrons. The summed E-state index contributed by atoms with van der Waals surface area (Å²) in [5, 5.41) is 4.93. The number of unbranched alkanes of at least 4 members (excludes halogenated alkanes) is 1. The molecular formula is C19H23ClN2O2. The van der Waals surface area contributed by atoms with Gasteiger partial charge in [-0.2, -0.15) is 5.10 Å². The minimum absolute atomic E-state index is 0.591. The van der Waals surface area contributed by atoms with Gasteiger partial charge in [0.15, 0.2) is 11.5 Å². The average molecular weight is 347 g/mol. The van der Waals surface area contributed by atoms with Crippen LogP contribution in [0.1, 0.15) is 32.3 Å². The standard InChI is InChI=1S/C19H23ClN2O2/c1-3-5-12-24-18-11-6-15(13-19(18)23-4-2)14-21-22-17-9-7-16(20)8-10-17/h6-11,13-14,22H,3-5,12H2,1-2H3/b21-14+. The molecule has 0 saturated heterocycles. The molecule has 0 saturated carbocycles. The molecule has 0 bridgehead atoms. The first-order chi connectivity index (χ1) is 11.7. The van der Waals surface area contributed by atoms with Gasteiger partial charge in [-0.1, -0.05) is 24.9 Å². The first-order valence-corrected chi connectivity index (χ1v) is 8.55. The van der Waals surface area contributed by atoms with Crippen LogP contribution in [0, 0.1) is 0 Å². The van der Waals surface area contributed by atoms with Crippen LogP contribution in [0.5, 0.6) is 11.5 Å². The number of hydrogen-bond acceptors (Lipinski definition) is 4. The van der Waals surface area contributed by atoms with E-state index >= 15 is 0 Å². The summed E-state index contributed by atoms with van der Waals surface area (Å²) in [5.41, 5.74) is 4.78. The molecule has 0 atom stereocenters. The van der Waals surface area contributed by atoms with Crippen LogP contribution < -0.4 is 14.9 Å². The number of nitrogens with one attached hydrogen (secondary N) is 1. The summed E-state index contributed by atoms with van der Waals surface area (Å²) in [6.45, 7) is 5.38. The van der Waals surface area contributed by atoms with Crippen LogP contribution in [0.3, 0.4) is 0 Å². The summed E-state index contributed by atoms with van der Waals surface area (Å²) < 4.78 is 11.4. The van der Waals surface area contributed by atoms with Crippen molar-refractivity contribution >= 4 is 23.5 Å². The Kier molecular flexibility index (Phi) is 7.43. The van der Waals surface area contributed by atoms with E-state index in [1.165, 1.54) is 0 Å². The molecule has 5 heteroatoms. The lowest BCUT2D eigenvalue weighted by molar-refractivity contribution is 0.272. The number of nitrogens with zero attached hydrogens (tertiary/aromatic N) is 1. The maximum absolute atomic E-state index is 5.86. The zero-order chi connectivity index (χ0) is 17.2. The molecule has 2 aromatic rings. The zero-order valence-electron chi connectivity index (χ0n) is 14.1. The van der Waals surface area contributed by atoms with E-state index in [0.717, 1.165) is 35.6 Å². The average Bonchev–Trinajstić information content (AvgIpc) is 2.59. The van der Waals surface area contributed by atoms with Gasteiger partial charge in [-0.05, 0) is 61.4 Å². The molecule has 24 heavy (non-hydrogen) atoms. The minimum Gasteiger partial charge on any atom is -0.490 e. The van der Waals surface area contributed by atoms with Crippen molar-refractivity contribution in [1.29, 1.82) is 0 Å². The molecule has 0 aliphatic heterocycles. The lowest BCUT2D eigenvalue weighted by Crippen LogP contribution is -2.01. The third kappa shape index (κ3) is 5.78. The van der Waals surface area contributed by atoms with Crippen LogP contribution >= 0.6 is 11.6 Å². The van der Waals surface area contributed by atoms with E-state index in [0.29, 0.717) is 18.2 Å². The largest absolute Gasteiger partial charge is 0.490 e. The van der Waals surface area contributed by atoms with Gasteiger partial charge >= 0.3 is 0 Å². The van der Waals surface area contributed by atoms with Crippen LogP contribution in [0.2, 0.25) is 5.02 Å². The van der Waals surface area contributed by atoms with Crippen LogP contribution in [-0.4, -0.2) is 19.4 Å².